The van der Waals surface area contributed by atoms with E-state index in [9.17, 15) is 0 Å². The van der Waals surface area contributed by atoms with Crippen LogP contribution in [0.2, 0.25) is 0 Å². The van der Waals surface area contributed by atoms with E-state index in [2.05, 4.69) is 35.8 Å². The average molecular weight is 368 g/mol. The lowest BCUT2D eigenvalue weighted by Gasteiger charge is -2.39. The second kappa shape index (κ2) is 7.76. The molecule has 0 spiro atoms. The molecule has 2 aliphatic rings. The Hall–Kier alpha value is -2.28. The monoisotopic (exact) mass is 367 g/mol. The Balaban J connectivity index is 1.36. The lowest BCUT2D eigenvalue weighted by molar-refractivity contribution is 0.200. The highest BCUT2D eigenvalue weighted by atomic mass is 15.3. The second-order valence-corrected chi connectivity index (χ2v) is 7.95. The van der Waals surface area contributed by atoms with Crippen LogP contribution >= 0.6 is 0 Å². The summed E-state index contributed by atoms with van der Waals surface area (Å²) in [4.78, 5) is 24.7. The maximum atomic E-state index is 4.57. The fraction of sp³-hybridized carbons (Fsp3) is 0.600. The van der Waals surface area contributed by atoms with Crippen molar-refractivity contribution in [2.24, 2.45) is 0 Å². The molecule has 2 aromatic rings. The largest absolute Gasteiger partial charge is 0.350 e. The molecule has 0 aromatic carbocycles. The molecule has 0 bridgehead atoms. The van der Waals surface area contributed by atoms with E-state index in [1.165, 1.54) is 31.2 Å². The van der Waals surface area contributed by atoms with E-state index in [4.69, 9.17) is 0 Å². The fourth-order valence-electron chi connectivity index (χ4n) is 3.88. The number of anilines is 2. The molecule has 0 amide bonds. The van der Waals surface area contributed by atoms with Gasteiger partial charge in [0.1, 0.15) is 12.1 Å². The molecule has 2 aromatic heterocycles. The van der Waals surface area contributed by atoms with Crippen molar-refractivity contribution < 1.29 is 0 Å². The number of rotatable bonds is 6. The van der Waals surface area contributed by atoms with E-state index >= 15 is 0 Å². The van der Waals surface area contributed by atoms with Gasteiger partial charge in [-0.25, -0.2) is 19.9 Å². The summed E-state index contributed by atoms with van der Waals surface area (Å²) in [6.07, 6.45) is 10.5. The predicted molar refractivity (Wildman–Crippen MR) is 107 cm³/mol. The van der Waals surface area contributed by atoms with E-state index in [0.29, 0.717) is 12.1 Å². The molecule has 3 heterocycles. The second-order valence-electron chi connectivity index (χ2n) is 7.95. The van der Waals surface area contributed by atoms with Gasteiger partial charge in [0.25, 0.3) is 0 Å². The Labute approximate surface area is 161 Å². The number of nitrogens with zero attached hydrogens (tertiary/aromatic N) is 7. The van der Waals surface area contributed by atoms with Crippen LogP contribution in [0.3, 0.4) is 0 Å². The van der Waals surface area contributed by atoms with Crippen molar-refractivity contribution in [2.75, 3.05) is 37.0 Å². The van der Waals surface area contributed by atoms with Crippen LogP contribution in [0.4, 0.5) is 11.8 Å². The van der Waals surface area contributed by atoms with Crippen LogP contribution in [0, 0.1) is 6.92 Å². The quantitative estimate of drug-likeness (QED) is 0.776. The summed E-state index contributed by atoms with van der Waals surface area (Å²) in [6.45, 7) is 5.18. The molecule has 0 unspecified atom stereocenters. The molecule has 1 aliphatic heterocycles. The Morgan fingerprint density at radius 2 is 1.63 bits per heavy atom. The summed E-state index contributed by atoms with van der Waals surface area (Å²) < 4.78 is 0. The third-order valence-corrected chi connectivity index (χ3v) is 5.44. The van der Waals surface area contributed by atoms with Crippen LogP contribution in [-0.4, -0.2) is 64.1 Å². The topological polar surface area (TPSA) is 61.3 Å². The van der Waals surface area contributed by atoms with Crippen LogP contribution in [-0.2, 0) is 6.54 Å². The third-order valence-electron chi connectivity index (χ3n) is 5.44. The van der Waals surface area contributed by atoms with Gasteiger partial charge in [-0.2, -0.15) is 0 Å². The first-order valence-corrected chi connectivity index (χ1v) is 9.88. The van der Waals surface area contributed by atoms with Gasteiger partial charge in [-0.3, -0.25) is 4.90 Å². The minimum Gasteiger partial charge on any atom is -0.350 e. The summed E-state index contributed by atoms with van der Waals surface area (Å²) >= 11 is 0. The van der Waals surface area contributed by atoms with Crippen LogP contribution in [0.25, 0.3) is 0 Å². The van der Waals surface area contributed by atoms with Crippen molar-refractivity contribution in [1.29, 1.82) is 0 Å². The van der Waals surface area contributed by atoms with Crippen molar-refractivity contribution in [3.63, 3.8) is 0 Å². The normalized spacial score (nSPS) is 18.5. The van der Waals surface area contributed by atoms with E-state index < -0.39 is 0 Å². The van der Waals surface area contributed by atoms with Crippen molar-refractivity contribution in [3.05, 3.63) is 36.0 Å². The van der Waals surface area contributed by atoms with Crippen molar-refractivity contribution in [2.45, 2.75) is 51.2 Å². The van der Waals surface area contributed by atoms with E-state index in [1.807, 2.05) is 38.3 Å². The first-order chi connectivity index (χ1) is 13.1. The number of piperidine rings is 1. The van der Waals surface area contributed by atoms with Gasteiger partial charge in [0.15, 0.2) is 0 Å². The van der Waals surface area contributed by atoms with Crippen LogP contribution in [0.1, 0.15) is 36.9 Å². The van der Waals surface area contributed by atoms with Gasteiger partial charge in [-0.05, 0) is 32.6 Å². The van der Waals surface area contributed by atoms with Gasteiger partial charge < -0.3 is 9.80 Å². The van der Waals surface area contributed by atoms with Gasteiger partial charge in [0, 0.05) is 75.5 Å². The highest BCUT2D eigenvalue weighted by Gasteiger charge is 2.36. The van der Waals surface area contributed by atoms with Gasteiger partial charge in [0.05, 0.1) is 0 Å². The maximum absolute atomic E-state index is 4.57. The molecule has 27 heavy (non-hydrogen) atoms. The van der Waals surface area contributed by atoms with E-state index in [1.54, 1.807) is 6.33 Å². The number of hydrogen-bond donors (Lipinski definition) is 0. The SMILES string of the molecule is Cc1cc(N(C2CC2)C2CCN(Cc3cnc(N(C)C)nc3)CC2)ncn1. The molecule has 1 saturated heterocycles. The molecule has 2 fully saturated rings. The van der Waals surface area contributed by atoms with E-state index in [-0.39, 0.29) is 0 Å². The molecule has 0 radical (unpaired) electrons. The van der Waals surface area contributed by atoms with E-state index in [0.717, 1.165) is 37.1 Å². The highest BCUT2D eigenvalue weighted by molar-refractivity contribution is 5.43. The number of aryl methyl sites for hydroxylation is 1. The minimum absolute atomic E-state index is 0.579. The highest BCUT2D eigenvalue weighted by Crippen LogP contribution is 2.35. The number of likely N-dealkylation sites (tertiary alicyclic amines) is 1. The molecule has 4 rings (SSSR count). The lowest BCUT2D eigenvalue weighted by Crippen LogP contribution is -2.46. The molecular weight excluding hydrogens is 338 g/mol. The number of aromatic nitrogens is 4. The summed E-state index contributed by atoms with van der Waals surface area (Å²) in [7, 11) is 3.93. The Morgan fingerprint density at radius 1 is 0.963 bits per heavy atom. The summed E-state index contributed by atoms with van der Waals surface area (Å²) in [5.74, 6) is 1.87. The molecule has 1 saturated carbocycles. The summed E-state index contributed by atoms with van der Waals surface area (Å²) in [6, 6.07) is 3.38. The van der Waals surface area contributed by atoms with Gasteiger partial charge in [-0.1, -0.05) is 0 Å². The summed E-state index contributed by atoms with van der Waals surface area (Å²) in [5.41, 5.74) is 2.23. The lowest BCUT2D eigenvalue weighted by atomic mass is 10.0. The Morgan fingerprint density at radius 3 is 2.22 bits per heavy atom. The van der Waals surface area contributed by atoms with Crippen LogP contribution in [0.5, 0.6) is 0 Å². The fourth-order valence-corrected chi connectivity index (χ4v) is 3.88. The van der Waals surface area contributed by atoms with Crippen molar-refractivity contribution >= 4 is 11.8 Å². The first kappa shape index (κ1) is 18.1. The zero-order valence-corrected chi connectivity index (χ0v) is 16.5. The van der Waals surface area contributed by atoms with Crippen LogP contribution in [0.15, 0.2) is 24.8 Å². The first-order valence-electron chi connectivity index (χ1n) is 9.88. The zero-order valence-electron chi connectivity index (χ0n) is 16.5. The van der Waals surface area contributed by atoms with Crippen LogP contribution < -0.4 is 9.80 Å². The van der Waals surface area contributed by atoms with Gasteiger partial charge >= 0.3 is 0 Å². The van der Waals surface area contributed by atoms with Gasteiger partial charge in [0.2, 0.25) is 5.95 Å². The van der Waals surface area contributed by atoms with Crippen molar-refractivity contribution in [3.8, 4) is 0 Å². The molecule has 1 aliphatic carbocycles. The Bertz CT molecular complexity index is 749. The number of hydrogen-bond acceptors (Lipinski definition) is 7. The smallest absolute Gasteiger partial charge is 0.224 e. The standard InChI is InChI=1S/C20H29N7/c1-15-10-19(24-14-23-15)27(17-4-5-17)18-6-8-26(9-7-18)13-16-11-21-20(22-12-16)25(2)3/h10-12,14,17-18H,4-9,13H2,1-3H3. The average Bonchev–Trinajstić information content (AvgIpc) is 3.49. The molecule has 7 heteroatoms. The molecule has 0 N–H and O–H groups in total. The minimum atomic E-state index is 0.579. The zero-order chi connectivity index (χ0) is 18.8. The molecule has 7 nitrogen and oxygen atoms in total. The predicted octanol–water partition coefficient (Wildman–Crippen LogP) is 2.27. The van der Waals surface area contributed by atoms with Gasteiger partial charge in [-0.15, -0.1) is 0 Å². The third kappa shape index (κ3) is 4.35. The summed E-state index contributed by atoms with van der Waals surface area (Å²) in [5, 5.41) is 0. The maximum Gasteiger partial charge on any atom is 0.224 e. The molecule has 144 valence electrons. The molecule has 0 atom stereocenters. The van der Waals surface area contributed by atoms with Crippen molar-refractivity contribution in [1.82, 2.24) is 24.8 Å². The Kier molecular flexibility index (Phi) is 5.20. The molecular formula is C20H29N7.